The van der Waals surface area contributed by atoms with E-state index in [1.54, 1.807) is 18.2 Å². The highest BCUT2D eigenvalue weighted by atomic mass is 79.9. The lowest BCUT2D eigenvalue weighted by molar-refractivity contribution is 0.102. The molecule has 1 heterocycles. The largest absolute Gasteiger partial charge is 0.307 e. The summed E-state index contributed by atoms with van der Waals surface area (Å²) in [6.07, 6.45) is 0. The average Bonchev–Trinajstić information content (AvgIpc) is 2.32. The summed E-state index contributed by atoms with van der Waals surface area (Å²) in [4.78, 5) is 16.3. The number of nitrogens with zero attached hydrogens (tertiary/aromatic N) is 1. The fourth-order valence-corrected chi connectivity index (χ4v) is 1.91. The van der Waals surface area contributed by atoms with Gasteiger partial charge in [-0.25, -0.2) is 4.98 Å². The van der Waals surface area contributed by atoms with Gasteiger partial charge in [0.05, 0.1) is 0 Å². The van der Waals surface area contributed by atoms with Crippen LogP contribution in [-0.2, 0) is 0 Å². The summed E-state index contributed by atoms with van der Waals surface area (Å²) in [6, 6.07) is 11.0. The summed E-state index contributed by atoms with van der Waals surface area (Å²) >= 11 is 3.42. The summed E-state index contributed by atoms with van der Waals surface area (Å²) in [7, 11) is 0. The van der Waals surface area contributed by atoms with Gasteiger partial charge in [-0.15, -0.1) is 0 Å². The average molecular weight is 305 g/mol. The second kappa shape index (κ2) is 5.31. The van der Waals surface area contributed by atoms with E-state index in [0.29, 0.717) is 11.4 Å². The molecule has 0 radical (unpaired) electrons. The Labute approximate surface area is 114 Å². The molecule has 0 aliphatic carbocycles. The molecule has 1 N–H and O–H groups in total. The first-order chi connectivity index (χ1) is 8.56. The number of nitrogens with one attached hydrogen (secondary N) is 1. The molecule has 1 amide bonds. The lowest BCUT2D eigenvalue weighted by Crippen LogP contribution is -2.13. The zero-order chi connectivity index (χ0) is 13.1. The first-order valence-corrected chi connectivity index (χ1v) is 6.37. The topological polar surface area (TPSA) is 42.0 Å². The van der Waals surface area contributed by atoms with Gasteiger partial charge in [0.15, 0.2) is 0 Å². The maximum Gasteiger partial charge on any atom is 0.256 e. The first-order valence-electron chi connectivity index (χ1n) is 5.57. The maximum absolute atomic E-state index is 12.0. The Bertz CT molecular complexity index is 596. The van der Waals surface area contributed by atoms with E-state index < -0.39 is 0 Å². The van der Waals surface area contributed by atoms with E-state index >= 15 is 0 Å². The SMILES string of the molecule is Cc1cccc(NC(=O)c2ccc(C)c(Br)c2)n1. The molecule has 0 spiro atoms. The zero-order valence-electron chi connectivity index (χ0n) is 10.2. The van der Waals surface area contributed by atoms with Crippen LogP contribution in [0.4, 0.5) is 5.82 Å². The van der Waals surface area contributed by atoms with Crippen molar-refractivity contribution < 1.29 is 4.79 Å². The summed E-state index contributed by atoms with van der Waals surface area (Å²) in [5.41, 5.74) is 2.58. The van der Waals surface area contributed by atoms with Crippen LogP contribution < -0.4 is 5.32 Å². The number of anilines is 1. The lowest BCUT2D eigenvalue weighted by Gasteiger charge is -2.06. The van der Waals surface area contributed by atoms with Crippen LogP contribution in [0.15, 0.2) is 40.9 Å². The van der Waals surface area contributed by atoms with Crippen LogP contribution in [0.1, 0.15) is 21.6 Å². The van der Waals surface area contributed by atoms with Gasteiger partial charge in [0.1, 0.15) is 5.82 Å². The monoisotopic (exact) mass is 304 g/mol. The number of hydrogen-bond donors (Lipinski definition) is 1. The van der Waals surface area contributed by atoms with Crippen molar-refractivity contribution >= 4 is 27.7 Å². The van der Waals surface area contributed by atoms with E-state index in [1.165, 1.54) is 0 Å². The van der Waals surface area contributed by atoms with Crippen LogP contribution in [-0.4, -0.2) is 10.9 Å². The van der Waals surface area contributed by atoms with E-state index in [-0.39, 0.29) is 5.91 Å². The molecule has 1 aromatic heterocycles. The minimum atomic E-state index is -0.159. The third kappa shape index (κ3) is 2.96. The summed E-state index contributed by atoms with van der Waals surface area (Å²) < 4.78 is 0.923. The van der Waals surface area contributed by atoms with Crippen LogP contribution in [0.5, 0.6) is 0 Å². The van der Waals surface area contributed by atoms with E-state index in [4.69, 9.17) is 0 Å². The van der Waals surface area contributed by atoms with Gasteiger partial charge in [-0.3, -0.25) is 4.79 Å². The van der Waals surface area contributed by atoms with Gasteiger partial charge >= 0.3 is 0 Å². The molecule has 18 heavy (non-hydrogen) atoms. The molecule has 0 atom stereocenters. The number of benzene rings is 1. The van der Waals surface area contributed by atoms with E-state index in [9.17, 15) is 4.79 Å². The molecule has 1 aromatic carbocycles. The highest BCUT2D eigenvalue weighted by Crippen LogP contribution is 2.18. The molecule has 0 saturated carbocycles. The number of hydrogen-bond acceptors (Lipinski definition) is 2. The molecule has 0 unspecified atom stereocenters. The van der Waals surface area contributed by atoms with Gasteiger partial charge in [0.2, 0.25) is 0 Å². The van der Waals surface area contributed by atoms with Gasteiger partial charge in [-0.1, -0.05) is 28.1 Å². The van der Waals surface area contributed by atoms with Crippen molar-refractivity contribution in [2.75, 3.05) is 5.32 Å². The molecule has 4 heteroatoms. The molecule has 92 valence electrons. The Morgan fingerprint density at radius 1 is 1.22 bits per heavy atom. The number of carbonyl (C=O) groups excluding carboxylic acids is 1. The standard InChI is InChI=1S/C14H13BrN2O/c1-9-6-7-11(8-12(9)15)14(18)17-13-5-3-4-10(2)16-13/h3-8H,1-2H3,(H,16,17,18). The summed E-state index contributed by atoms with van der Waals surface area (Å²) in [5, 5.41) is 2.77. The predicted octanol–water partition coefficient (Wildman–Crippen LogP) is 3.71. The van der Waals surface area contributed by atoms with E-state index in [2.05, 4.69) is 26.2 Å². The minimum absolute atomic E-state index is 0.159. The second-order valence-corrected chi connectivity index (χ2v) is 4.94. The molecule has 3 nitrogen and oxygen atoms in total. The zero-order valence-corrected chi connectivity index (χ0v) is 11.8. The molecule has 0 aliphatic heterocycles. The lowest BCUT2D eigenvalue weighted by atomic mass is 10.1. The molecule has 0 saturated heterocycles. The predicted molar refractivity (Wildman–Crippen MR) is 75.8 cm³/mol. The fraction of sp³-hybridized carbons (Fsp3) is 0.143. The Morgan fingerprint density at radius 3 is 2.67 bits per heavy atom. The Balaban J connectivity index is 2.19. The van der Waals surface area contributed by atoms with Crippen molar-refractivity contribution in [3.05, 3.63) is 57.7 Å². The highest BCUT2D eigenvalue weighted by Gasteiger charge is 2.08. The number of aromatic nitrogens is 1. The molecule has 2 rings (SSSR count). The molecule has 2 aromatic rings. The molecular weight excluding hydrogens is 292 g/mol. The number of amides is 1. The molecular formula is C14H13BrN2O. The number of aryl methyl sites for hydroxylation is 2. The quantitative estimate of drug-likeness (QED) is 0.919. The van der Waals surface area contributed by atoms with Crippen molar-refractivity contribution in [1.82, 2.24) is 4.98 Å². The van der Waals surface area contributed by atoms with Crippen molar-refractivity contribution in [3.63, 3.8) is 0 Å². The smallest absolute Gasteiger partial charge is 0.256 e. The number of halogens is 1. The van der Waals surface area contributed by atoms with Gasteiger partial charge in [-0.2, -0.15) is 0 Å². The number of carbonyl (C=O) groups is 1. The van der Waals surface area contributed by atoms with Crippen molar-refractivity contribution in [1.29, 1.82) is 0 Å². The third-order valence-corrected chi connectivity index (χ3v) is 3.42. The second-order valence-electron chi connectivity index (χ2n) is 4.08. The van der Waals surface area contributed by atoms with Crippen molar-refractivity contribution in [2.24, 2.45) is 0 Å². The Morgan fingerprint density at radius 2 is 2.00 bits per heavy atom. The molecule has 0 aliphatic rings. The summed E-state index contributed by atoms with van der Waals surface area (Å²) in [5.74, 6) is 0.408. The van der Waals surface area contributed by atoms with E-state index in [0.717, 1.165) is 15.7 Å². The minimum Gasteiger partial charge on any atom is -0.307 e. The van der Waals surface area contributed by atoms with Crippen molar-refractivity contribution in [3.8, 4) is 0 Å². The maximum atomic E-state index is 12.0. The van der Waals surface area contributed by atoms with Crippen LogP contribution in [0.2, 0.25) is 0 Å². The highest BCUT2D eigenvalue weighted by molar-refractivity contribution is 9.10. The van der Waals surface area contributed by atoms with Crippen molar-refractivity contribution in [2.45, 2.75) is 13.8 Å². The van der Waals surface area contributed by atoms with Crippen LogP contribution in [0.25, 0.3) is 0 Å². The summed E-state index contributed by atoms with van der Waals surface area (Å²) in [6.45, 7) is 3.87. The van der Waals surface area contributed by atoms with Crippen LogP contribution >= 0.6 is 15.9 Å². The van der Waals surface area contributed by atoms with Gasteiger partial charge in [0, 0.05) is 15.7 Å². The fourth-order valence-electron chi connectivity index (χ4n) is 1.54. The van der Waals surface area contributed by atoms with Gasteiger partial charge < -0.3 is 5.32 Å². The van der Waals surface area contributed by atoms with Gasteiger partial charge in [0.25, 0.3) is 5.91 Å². The molecule has 0 fully saturated rings. The number of pyridine rings is 1. The Kier molecular flexibility index (Phi) is 3.77. The van der Waals surface area contributed by atoms with Gasteiger partial charge in [-0.05, 0) is 43.7 Å². The molecule has 0 bridgehead atoms. The van der Waals surface area contributed by atoms with E-state index in [1.807, 2.05) is 32.0 Å². The third-order valence-electron chi connectivity index (χ3n) is 2.56. The van der Waals surface area contributed by atoms with Crippen LogP contribution in [0.3, 0.4) is 0 Å². The van der Waals surface area contributed by atoms with Crippen LogP contribution in [0, 0.1) is 13.8 Å². The number of rotatable bonds is 2. The normalized spacial score (nSPS) is 10.2. The first kappa shape index (κ1) is 12.8. The Hall–Kier alpha value is -1.68.